The molecule has 1 fully saturated rings. The van der Waals surface area contributed by atoms with Crippen LogP contribution in [0.1, 0.15) is 54.0 Å². The Hall–Kier alpha value is -3.02. The summed E-state index contributed by atoms with van der Waals surface area (Å²) in [6.07, 6.45) is 3.67. The molecule has 1 aliphatic rings. The van der Waals surface area contributed by atoms with E-state index in [2.05, 4.69) is 17.1 Å². The third kappa shape index (κ3) is 3.67. The zero-order valence-corrected chi connectivity index (χ0v) is 15.8. The van der Waals surface area contributed by atoms with E-state index in [-0.39, 0.29) is 17.8 Å². The van der Waals surface area contributed by atoms with Gasteiger partial charge in [0.2, 0.25) is 11.7 Å². The molecule has 0 N–H and O–H groups in total. The van der Waals surface area contributed by atoms with E-state index in [1.807, 2.05) is 29.2 Å². The van der Waals surface area contributed by atoms with E-state index in [0.717, 1.165) is 25.7 Å². The Bertz CT molecular complexity index is 951. The third-order valence-corrected chi connectivity index (χ3v) is 5.20. The van der Waals surface area contributed by atoms with Gasteiger partial charge in [0.1, 0.15) is 11.9 Å². The van der Waals surface area contributed by atoms with Gasteiger partial charge in [-0.15, -0.1) is 0 Å². The van der Waals surface area contributed by atoms with Crippen molar-refractivity contribution in [1.29, 1.82) is 0 Å². The van der Waals surface area contributed by atoms with Crippen LogP contribution in [0.5, 0.6) is 0 Å². The van der Waals surface area contributed by atoms with Crippen LogP contribution in [0.25, 0.3) is 11.4 Å². The van der Waals surface area contributed by atoms with Gasteiger partial charge >= 0.3 is 0 Å². The van der Waals surface area contributed by atoms with Crippen molar-refractivity contribution in [2.24, 2.45) is 0 Å². The maximum Gasteiger partial charge on any atom is 0.254 e. The molecule has 2 heterocycles. The minimum absolute atomic E-state index is 0.0196. The fourth-order valence-electron chi connectivity index (χ4n) is 3.57. The minimum Gasteiger partial charge on any atom is -0.337 e. The van der Waals surface area contributed by atoms with Crippen molar-refractivity contribution < 1.29 is 13.7 Å². The molecule has 4 rings (SSSR count). The van der Waals surface area contributed by atoms with Crippen molar-refractivity contribution >= 4 is 5.91 Å². The van der Waals surface area contributed by atoms with Crippen molar-refractivity contribution in [3.05, 3.63) is 71.4 Å². The summed E-state index contributed by atoms with van der Waals surface area (Å²) in [5.74, 6) is 0.498. The lowest BCUT2D eigenvalue weighted by Crippen LogP contribution is -2.38. The second kappa shape index (κ2) is 7.92. The first kappa shape index (κ1) is 18.3. The van der Waals surface area contributed by atoms with Crippen LogP contribution in [0.4, 0.5) is 4.39 Å². The highest BCUT2D eigenvalue weighted by Crippen LogP contribution is 2.32. The molecule has 0 spiro atoms. The Kier molecular flexibility index (Phi) is 5.19. The van der Waals surface area contributed by atoms with Crippen molar-refractivity contribution in [2.45, 2.75) is 38.6 Å². The van der Waals surface area contributed by atoms with Crippen LogP contribution in [0.15, 0.2) is 53.1 Å². The van der Waals surface area contributed by atoms with E-state index in [4.69, 9.17) is 4.52 Å². The van der Waals surface area contributed by atoms with Gasteiger partial charge in [0.25, 0.3) is 5.91 Å². The fraction of sp³-hybridized carbons (Fsp3) is 0.318. The molecule has 1 aromatic heterocycles. The smallest absolute Gasteiger partial charge is 0.254 e. The molecule has 28 heavy (non-hydrogen) atoms. The van der Waals surface area contributed by atoms with Gasteiger partial charge in [0, 0.05) is 17.7 Å². The van der Waals surface area contributed by atoms with Crippen molar-refractivity contribution in [3.8, 4) is 11.4 Å². The van der Waals surface area contributed by atoms with E-state index >= 15 is 0 Å². The van der Waals surface area contributed by atoms with Gasteiger partial charge in [0.05, 0.1) is 0 Å². The number of amides is 1. The number of rotatable bonds is 4. The first-order valence-electron chi connectivity index (χ1n) is 9.65. The number of benzene rings is 2. The molecule has 0 saturated carbocycles. The van der Waals surface area contributed by atoms with Crippen molar-refractivity contribution in [3.63, 3.8) is 0 Å². The number of halogens is 1. The summed E-state index contributed by atoms with van der Waals surface area (Å²) in [5, 5.41) is 4.03. The molecule has 0 bridgehead atoms. The van der Waals surface area contributed by atoms with Crippen LogP contribution >= 0.6 is 0 Å². The number of aromatic nitrogens is 2. The summed E-state index contributed by atoms with van der Waals surface area (Å²) in [6, 6.07) is 13.5. The molecule has 1 saturated heterocycles. The standard InChI is InChI=1S/C22H22FN3O2/c1-2-15-6-8-17(9-7-15)22(27)26-14-4-3-5-19(26)21-24-20(25-28-21)16-10-12-18(23)13-11-16/h6-13,19H,2-5,14H2,1H3. The van der Waals surface area contributed by atoms with Crippen molar-refractivity contribution in [1.82, 2.24) is 15.0 Å². The van der Waals surface area contributed by atoms with Gasteiger partial charge in [-0.05, 0) is 67.6 Å². The Morgan fingerprint density at radius 2 is 1.89 bits per heavy atom. The zero-order chi connectivity index (χ0) is 19.5. The van der Waals surface area contributed by atoms with Crippen LogP contribution in [0.2, 0.25) is 0 Å². The monoisotopic (exact) mass is 379 g/mol. The van der Waals surface area contributed by atoms with Gasteiger partial charge < -0.3 is 9.42 Å². The Labute approximate surface area is 163 Å². The number of piperidine rings is 1. The molecule has 2 aromatic carbocycles. The van der Waals surface area contributed by atoms with E-state index in [9.17, 15) is 9.18 Å². The normalized spacial score (nSPS) is 16.9. The van der Waals surface area contributed by atoms with Crippen LogP contribution in [0, 0.1) is 5.82 Å². The predicted molar refractivity (Wildman–Crippen MR) is 103 cm³/mol. The summed E-state index contributed by atoms with van der Waals surface area (Å²) in [6.45, 7) is 2.75. The summed E-state index contributed by atoms with van der Waals surface area (Å²) in [5.41, 5.74) is 2.55. The molecule has 5 nitrogen and oxygen atoms in total. The molecule has 144 valence electrons. The van der Waals surface area contributed by atoms with E-state index in [1.165, 1.54) is 17.7 Å². The Morgan fingerprint density at radius 3 is 2.61 bits per heavy atom. The molecule has 1 aliphatic heterocycles. The number of hydrogen-bond acceptors (Lipinski definition) is 4. The summed E-state index contributed by atoms with van der Waals surface area (Å²) < 4.78 is 18.6. The third-order valence-electron chi connectivity index (χ3n) is 5.20. The summed E-state index contributed by atoms with van der Waals surface area (Å²) in [4.78, 5) is 19.4. The highest BCUT2D eigenvalue weighted by atomic mass is 19.1. The number of nitrogens with zero attached hydrogens (tertiary/aromatic N) is 3. The lowest BCUT2D eigenvalue weighted by atomic mass is 10.00. The first-order valence-corrected chi connectivity index (χ1v) is 9.65. The maximum absolute atomic E-state index is 13.1. The number of likely N-dealkylation sites (tertiary alicyclic amines) is 1. The van der Waals surface area contributed by atoms with Crippen LogP contribution in [-0.4, -0.2) is 27.5 Å². The van der Waals surface area contributed by atoms with Gasteiger partial charge in [-0.25, -0.2) is 4.39 Å². The number of carbonyl (C=O) groups excluding carboxylic acids is 1. The molecule has 1 atom stereocenters. The molecule has 1 amide bonds. The minimum atomic E-state index is -0.314. The lowest BCUT2D eigenvalue weighted by molar-refractivity contribution is 0.0561. The topological polar surface area (TPSA) is 59.2 Å². The van der Waals surface area contributed by atoms with Crippen LogP contribution in [-0.2, 0) is 6.42 Å². The quantitative estimate of drug-likeness (QED) is 0.653. The largest absolute Gasteiger partial charge is 0.337 e. The van der Waals surface area contributed by atoms with Gasteiger partial charge in [0.15, 0.2) is 0 Å². The highest BCUT2D eigenvalue weighted by molar-refractivity contribution is 5.94. The molecule has 0 radical (unpaired) electrons. The molecule has 3 aromatic rings. The SMILES string of the molecule is CCc1ccc(C(=O)N2CCCCC2c2nc(-c3ccc(F)cc3)no2)cc1. The predicted octanol–water partition coefficient (Wildman–Crippen LogP) is 4.81. The Morgan fingerprint density at radius 1 is 1.14 bits per heavy atom. The van der Waals surface area contributed by atoms with Crippen LogP contribution < -0.4 is 0 Å². The average Bonchev–Trinajstić information content (AvgIpc) is 3.24. The van der Waals surface area contributed by atoms with Crippen LogP contribution in [0.3, 0.4) is 0 Å². The highest BCUT2D eigenvalue weighted by Gasteiger charge is 2.32. The van der Waals surface area contributed by atoms with E-state index in [1.54, 1.807) is 12.1 Å². The molecular formula is C22H22FN3O2. The molecule has 0 aliphatic carbocycles. The van der Waals surface area contributed by atoms with E-state index < -0.39 is 0 Å². The lowest BCUT2D eigenvalue weighted by Gasteiger charge is -2.33. The zero-order valence-electron chi connectivity index (χ0n) is 15.8. The van der Waals surface area contributed by atoms with Gasteiger partial charge in [-0.3, -0.25) is 4.79 Å². The molecule has 6 heteroatoms. The number of hydrogen-bond donors (Lipinski definition) is 0. The second-order valence-electron chi connectivity index (χ2n) is 7.02. The summed E-state index contributed by atoms with van der Waals surface area (Å²) in [7, 11) is 0. The van der Waals surface area contributed by atoms with Crippen molar-refractivity contribution in [2.75, 3.05) is 6.54 Å². The average molecular weight is 379 g/mol. The second-order valence-corrected chi connectivity index (χ2v) is 7.02. The number of aryl methyl sites for hydroxylation is 1. The molecule has 1 unspecified atom stereocenters. The summed E-state index contributed by atoms with van der Waals surface area (Å²) >= 11 is 0. The van der Waals surface area contributed by atoms with Gasteiger partial charge in [-0.1, -0.05) is 24.2 Å². The van der Waals surface area contributed by atoms with E-state index in [0.29, 0.717) is 29.4 Å². The Balaban J connectivity index is 1.58. The number of carbonyl (C=O) groups is 1. The maximum atomic E-state index is 13.1. The molecular weight excluding hydrogens is 357 g/mol. The van der Waals surface area contributed by atoms with Gasteiger partial charge in [-0.2, -0.15) is 4.98 Å². The first-order chi connectivity index (χ1) is 13.7. The fourth-order valence-corrected chi connectivity index (χ4v) is 3.57.